The van der Waals surface area contributed by atoms with Gasteiger partial charge in [-0.3, -0.25) is 4.79 Å². The number of halogens is 1. The minimum absolute atomic E-state index is 0.190. The van der Waals surface area contributed by atoms with Crippen molar-refractivity contribution in [1.82, 2.24) is 0 Å². The second kappa shape index (κ2) is 4.39. The van der Waals surface area contributed by atoms with E-state index in [4.69, 9.17) is 29.6 Å². The van der Waals surface area contributed by atoms with E-state index in [2.05, 4.69) is 5.32 Å². The lowest BCUT2D eigenvalue weighted by Crippen LogP contribution is -2.15. The van der Waals surface area contributed by atoms with E-state index in [1.807, 2.05) is 0 Å². The number of amides is 1. The van der Waals surface area contributed by atoms with Crippen molar-refractivity contribution >= 4 is 40.4 Å². The van der Waals surface area contributed by atoms with Crippen LogP contribution in [-0.4, -0.2) is 10.9 Å². The van der Waals surface area contributed by atoms with E-state index in [9.17, 15) is 4.79 Å². The number of thiocarbonyl (C=S) groups is 1. The molecular formula is C9H9ClN2OS. The maximum Gasteiger partial charge on any atom is 0.221 e. The van der Waals surface area contributed by atoms with E-state index < -0.39 is 0 Å². The van der Waals surface area contributed by atoms with Gasteiger partial charge in [-0.1, -0.05) is 23.8 Å². The predicted octanol–water partition coefficient (Wildman–Crippen LogP) is 1.93. The molecule has 0 aliphatic heterocycles. The fourth-order valence-corrected chi connectivity index (χ4v) is 1.37. The smallest absolute Gasteiger partial charge is 0.221 e. The fourth-order valence-electron chi connectivity index (χ4n) is 1.02. The molecule has 0 radical (unpaired) electrons. The lowest BCUT2D eigenvalue weighted by atomic mass is 10.2. The van der Waals surface area contributed by atoms with Gasteiger partial charge in [0.15, 0.2) is 0 Å². The third-order valence-corrected chi connectivity index (χ3v) is 2.01. The van der Waals surface area contributed by atoms with E-state index >= 15 is 0 Å². The topological polar surface area (TPSA) is 55.1 Å². The normalized spacial score (nSPS) is 9.57. The number of hydrogen-bond acceptors (Lipinski definition) is 2. The van der Waals surface area contributed by atoms with Gasteiger partial charge in [-0.2, -0.15) is 0 Å². The van der Waals surface area contributed by atoms with Crippen LogP contribution in [0, 0.1) is 0 Å². The van der Waals surface area contributed by atoms with Crippen LogP contribution in [0.4, 0.5) is 5.69 Å². The number of benzene rings is 1. The fraction of sp³-hybridized carbons (Fsp3) is 0.111. The van der Waals surface area contributed by atoms with Gasteiger partial charge in [-0.25, -0.2) is 0 Å². The molecule has 3 nitrogen and oxygen atoms in total. The van der Waals surface area contributed by atoms with Gasteiger partial charge in [0, 0.05) is 17.5 Å². The Morgan fingerprint density at radius 2 is 2.21 bits per heavy atom. The largest absolute Gasteiger partial charge is 0.389 e. The van der Waals surface area contributed by atoms with Crippen molar-refractivity contribution in [3.05, 3.63) is 28.8 Å². The molecular weight excluding hydrogens is 220 g/mol. The van der Waals surface area contributed by atoms with E-state index in [1.54, 1.807) is 18.2 Å². The Morgan fingerprint density at radius 1 is 1.57 bits per heavy atom. The van der Waals surface area contributed by atoms with Gasteiger partial charge in [-0.05, 0) is 18.2 Å². The third kappa shape index (κ3) is 2.68. The Bertz CT molecular complexity index is 392. The summed E-state index contributed by atoms with van der Waals surface area (Å²) in [4.78, 5) is 11.1. The molecule has 1 rings (SSSR count). The molecule has 0 aromatic heterocycles. The van der Waals surface area contributed by atoms with Crippen LogP contribution in [0.1, 0.15) is 12.5 Å². The molecule has 1 amide bonds. The molecule has 1 aromatic rings. The zero-order chi connectivity index (χ0) is 10.7. The summed E-state index contributed by atoms with van der Waals surface area (Å²) in [7, 11) is 0. The first kappa shape index (κ1) is 10.9. The summed E-state index contributed by atoms with van der Waals surface area (Å²) < 4.78 is 0. The highest BCUT2D eigenvalue weighted by molar-refractivity contribution is 7.80. The molecule has 1 aromatic carbocycles. The van der Waals surface area contributed by atoms with Crippen LogP contribution in [-0.2, 0) is 4.79 Å². The second-order valence-corrected chi connectivity index (χ2v) is 3.61. The van der Waals surface area contributed by atoms with E-state index in [-0.39, 0.29) is 10.9 Å². The molecule has 0 atom stereocenters. The minimum Gasteiger partial charge on any atom is -0.389 e. The molecule has 14 heavy (non-hydrogen) atoms. The van der Waals surface area contributed by atoms with Gasteiger partial charge in [0.05, 0.1) is 5.69 Å². The van der Waals surface area contributed by atoms with Crippen molar-refractivity contribution in [2.24, 2.45) is 5.73 Å². The highest BCUT2D eigenvalue weighted by Crippen LogP contribution is 2.20. The molecule has 0 saturated carbocycles. The standard InChI is InChI=1S/C9H9ClN2OS/c1-5(13)12-8-4-6(10)2-3-7(8)9(11)14/h2-4H,1H3,(H2,11,14)(H,12,13). The van der Waals surface area contributed by atoms with Gasteiger partial charge in [0.25, 0.3) is 0 Å². The quantitative estimate of drug-likeness (QED) is 0.761. The van der Waals surface area contributed by atoms with Crippen LogP contribution in [0.25, 0.3) is 0 Å². The number of carbonyl (C=O) groups excluding carboxylic acids is 1. The van der Waals surface area contributed by atoms with Crippen LogP contribution in [0.5, 0.6) is 0 Å². The Kier molecular flexibility index (Phi) is 3.43. The Hall–Kier alpha value is -1.13. The summed E-state index contributed by atoms with van der Waals surface area (Å²) >= 11 is 10.6. The number of carbonyl (C=O) groups is 1. The van der Waals surface area contributed by atoms with Crippen LogP contribution in [0.2, 0.25) is 5.02 Å². The number of nitrogens with one attached hydrogen (secondary N) is 1. The highest BCUT2D eigenvalue weighted by atomic mass is 35.5. The predicted molar refractivity (Wildman–Crippen MR) is 61.6 cm³/mol. The van der Waals surface area contributed by atoms with Crippen molar-refractivity contribution in [3.8, 4) is 0 Å². The Morgan fingerprint density at radius 3 is 2.71 bits per heavy atom. The first-order valence-corrected chi connectivity index (χ1v) is 4.66. The molecule has 0 spiro atoms. The number of nitrogens with two attached hydrogens (primary N) is 1. The van der Waals surface area contributed by atoms with Gasteiger partial charge in [0.2, 0.25) is 5.91 Å². The Balaban J connectivity index is 3.15. The molecule has 3 N–H and O–H groups in total. The minimum atomic E-state index is -0.190. The van der Waals surface area contributed by atoms with E-state index in [0.29, 0.717) is 16.3 Å². The highest BCUT2D eigenvalue weighted by Gasteiger charge is 2.06. The molecule has 0 bridgehead atoms. The SMILES string of the molecule is CC(=O)Nc1cc(Cl)ccc1C(N)=S. The Labute approximate surface area is 92.2 Å². The number of rotatable bonds is 2. The van der Waals surface area contributed by atoms with Crippen LogP contribution in [0.3, 0.4) is 0 Å². The summed E-state index contributed by atoms with van der Waals surface area (Å²) in [6.07, 6.45) is 0. The lowest BCUT2D eigenvalue weighted by Gasteiger charge is -2.08. The van der Waals surface area contributed by atoms with E-state index in [1.165, 1.54) is 6.92 Å². The first-order valence-electron chi connectivity index (χ1n) is 3.87. The number of hydrogen-bond donors (Lipinski definition) is 2. The van der Waals surface area contributed by atoms with Crippen LogP contribution >= 0.6 is 23.8 Å². The van der Waals surface area contributed by atoms with Gasteiger partial charge < -0.3 is 11.1 Å². The maximum absolute atomic E-state index is 10.9. The van der Waals surface area contributed by atoms with Crippen molar-refractivity contribution < 1.29 is 4.79 Å². The van der Waals surface area contributed by atoms with Crippen molar-refractivity contribution in [2.45, 2.75) is 6.92 Å². The average molecular weight is 229 g/mol. The molecule has 0 aliphatic carbocycles. The summed E-state index contributed by atoms with van der Waals surface area (Å²) in [6.45, 7) is 1.41. The summed E-state index contributed by atoms with van der Waals surface area (Å²) in [5, 5.41) is 3.13. The zero-order valence-corrected chi connectivity index (χ0v) is 9.08. The maximum atomic E-state index is 10.9. The second-order valence-electron chi connectivity index (χ2n) is 2.74. The molecule has 5 heteroatoms. The third-order valence-electron chi connectivity index (χ3n) is 1.56. The van der Waals surface area contributed by atoms with Crippen molar-refractivity contribution in [3.63, 3.8) is 0 Å². The monoisotopic (exact) mass is 228 g/mol. The summed E-state index contributed by atoms with van der Waals surface area (Å²) in [5.74, 6) is -0.190. The van der Waals surface area contributed by atoms with E-state index in [0.717, 1.165) is 0 Å². The zero-order valence-electron chi connectivity index (χ0n) is 7.50. The molecule has 0 saturated heterocycles. The van der Waals surface area contributed by atoms with Crippen molar-refractivity contribution in [1.29, 1.82) is 0 Å². The molecule has 0 aliphatic rings. The summed E-state index contributed by atoms with van der Waals surface area (Å²) in [5.41, 5.74) is 6.63. The average Bonchev–Trinajstić information content (AvgIpc) is 2.01. The van der Waals surface area contributed by atoms with Gasteiger partial charge in [-0.15, -0.1) is 0 Å². The van der Waals surface area contributed by atoms with Crippen LogP contribution in [0.15, 0.2) is 18.2 Å². The van der Waals surface area contributed by atoms with Gasteiger partial charge >= 0.3 is 0 Å². The van der Waals surface area contributed by atoms with Crippen molar-refractivity contribution in [2.75, 3.05) is 5.32 Å². The van der Waals surface area contributed by atoms with Crippen LogP contribution < -0.4 is 11.1 Å². The number of anilines is 1. The molecule has 0 heterocycles. The van der Waals surface area contributed by atoms with Gasteiger partial charge in [0.1, 0.15) is 4.99 Å². The first-order chi connectivity index (χ1) is 6.50. The molecule has 0 unspecified atom stereocenters. The summed E-state index contributed by atoms with van der Waals surface area (Å²) in [6, 6.07) is 4.95. The molecule has 74 valence electrons. The lowest BCUT2D eigenvalue weighted by molar-refractivity contribution is -0.114. The molecule has 0 fully saturated rings.